The van der Waals surface area contributed by atoms with Crippen molar-refractivity contribution in [3.63, 3.8) is 0 Å². The Kier molecular flexibility index (Phi) is 4.80. The minimum atomic E-state index is -1.10. The zero-order chi connectivity index (χ0) is 11.1. The third-order valence-electron chi connectivity index (χ3n) is 1.98. The van der Waals surface area contributed by atoms with Crippen LogP contribution in [0.1, 0.15) is 5.56 Å². The Morgan fingerprint density at radius 3 is 2.73 bits per heavy atom. The Morgan fingerprint density at radius 2 is 2.13 bits per heavy atom. The molecule has 0 spiro atoms. The van der Waals surface area contributed by atoms with Crippen LogP contribution in [0.4, 0.5) is 0 Å². The molecule has 0 aromatic heterocycles. The summed E-state index contributed by atoms with van der Waals surface area (Å²) in [6, 6.07) is 9.75. The molecule has 82 valence electrons. The molecule has 1 atom stereocenters. The van der Waals surface area contributed by atoms with Gasteiger partial charge in [-0.05, 0) is 5.56 Å². The van der Waals surface area contributed by atoms with Crippen molar-refractivity contribution in [2.45, 2.75) is 12.6 Å². The zero-order valence-electron chi connectivity index (χ0n) is 8.64. The molecule has 1 unspecified atom stereocenters. The maximum atomic E-state index is 10.8. The molecule has 0 radical (unpaired) electrons. The summed E-state index contributed by atoms with van der Waals surface area (Å²) in [6.07, 6.45) is -1.10. The first kappa shape index (κ1) is 11.7. The number of ether oxygens (including phenoxy) is 1. The Bertz CT molecular complexity index is 300. The average Bonchev–Trinajstić information content (AvgIpc) is 2.29. The quantitative estimate of drug-likeness (QED) is 0.685. The van der Waals surface area contributed by atoms with Gasteiger partial charge in [-0.1, -0.05) is 30.3 Å². The third kappa shape index (κ3) is 4.10. The van der Waals surface area contributed by atoms with Crippen molar-refractivity contribution in [1.29, 1.82) is 0 Å². The monoisotopic (exact) mass is 209 g/mol. The lowest BCUT2D eigenvalue weighted by atomic mass is 10.2. The molecule has 1 aromatic rings. The van der Waals surface area contributed by atoms with Gasteiger partial charge in [0.15, 0.2) is 6.10 Å². The Balaban J connectivity index is 2.25. The van der Waals surface area contributed by atoms with E-state index in [9.17, 15) is 9.90 Å². The van der Waals surface area contributed by atoms with Crippen LogP contribution in [0.2, 0.25) is 0 Å². The summed E-state index contributed by atoms with van der Waals surface area (Å²) >= 11 is 0. The second-order valence-corrected chi connectivity index (χ2v) is 3.16. The van der Waals surface area contributed by atoms with Gasteiger partial charge < -0.3 is 15.2 Å². The van der Waals surface area contributed by atoms with Gasteiger partial charge in [-0.25, -0.2) is 4.79 Å². The van der Waals surface area contributed by atoms with Gasteiger partial charge in [-0.3, -0.25) is 0 Å². The maximum absolute atomic E-state index is 10.8. The SMILES string of the molecule is COC(=O)C(O)CNCc1ccccc1. The molecule has 1 rings (SSSR count). The number of hydrogen-bond acceptors (Lipinski definition) is 4. The Labute approximate surface area is 88.9 Å². The van der Waals surface area contributed by atoms with Crippen molar-refractivity contribution in [2.75, 3.05) is 13.7 Å². The van der Waals surface area contributed by atoms with Gasteiger partial charge in [-0.2, -0.15) is 0 Å². The highest BCUT2D eigenvalue weighted by Crippen LogP contribution is 1.97. The molecule has 1 aromatic carbocycles. The lowest BCUT2D eigenvalue weighted by Gasteiger charge is -2.09. The molecule has 0 aliphatic carbocycles. The molecule has 0 amide bonds. The van der Waals surface area contributed by atoms with Crippen LogP contribution in [-0.2, 0) is 16.1 Å². The normalized spacial score (nSPS) is 12.1. The lowest BCUT2D eigenvalue weighted by molar-refractivity contribution is -0.150. The standard InChI is InChI=1S/C11H15NO3/c1-15-11(14)10(13)8-12-7-9-5-3-2-4-6-9/h2-6,10,12-13H,7-8H2,1H3. The van der Waals surface area contributed by atoms with Crippen LogP contribution in [-0.4, -0.2) is 30.8 Å². The van der Waals surface area contributed by atoms with E-state index < -0.39 is 12.1 Å². The topological polar surface area (TPSA) is 58.6 Å². The smallest absolute Gasteiger partial charge is 0.336 e. The van der Waals surface area contributed by atoms with Crippen LogP contribution in [0, 0.1) is 0 Å². The highest BCUT2D eigenvalue weighted by molar-refractivity contribution is 5.74. The lowest BCUT2D eigenvalue weighted by Crippen LogP contribution is -2.33. The summed E-state index contributed by atoms with van der Waals surface area (Å²) in [5.41, 5.74) is 1.11. The van der Waals surface area contributed by atoms with Gasteiger partial charge in [0.25, 0.3) is 0 Å². The number of rotatable bonds is 5. The number of nitrogens with one attached hydrogen (secondary N) is 1. The maximum Gasteiger partial charge on any atom is 0.336 e. The highest BCUT2D eigenvalue weighted by Gasteiger charge is 2.13. The number of esters is 1. The van der Waals surface area contributed by atoms with E-state index in [-0.39, 0.29) is 6.54 Å². The molecule has 0 aliphatic rings. The summed E-state index contributed by atoms with van der Waals surface area (Å²) in [4.78, 5) is 10.8. The molecule has 4 nitrogen and oxygen atoms in total. The second-order valence-electron chi connectivity index (χ2n) is 3.16. The fourth-order valence-electron chi connectivity index (χ4n) is 1.17. The van der Waals surface area contributed by atoms with E-state index >= 15 is 0 Å². The van der Waals surface area contributed by atoms with Gasteiger partial charge in [-0.15, -0.1) is 0 Å². The molecule has 4 heteroatoms. The van der Waals surface area contributed by atoms with E-state index in [2.05, 4.69) is 10.1 Å². The van der Waals surface area contributed by atoms with Crippen LogP contribution < -0.4 is 5.32 Å². The van der Waals surface area contributed by atoms with Crippen LogP contribution in [0.5, 0.6) is 0 Å². The molecule has 0 aliphatic heterocycles. The zero-order valence-corrected chi connectivity index (χ0v) is 8.64. The first-order valence-corrected chi connectivity index (χ1v) is 4.74. The van der Waals surface area contributed by atoms with Crippen LogP contribution in [0.15, 0.2) is 30.3 Å². The van der Waals surface area contributed by atoms with E-state index in [1.807, 2.05) is 30.3 Å². The van der Waals surface area contributed by atoms with E-state index in [0.29, 0.717) is 6.54 Å². The number of aliphatic hydroxyl groups excluding tert-OH is 1. The van der Waals surface area contributed by atoms with Gasteiger partial charge in [0.05, 0.1) is 7.11 Å². The van der Waals surface area contributed by atoms with Gasteiger partial charge in [0, 0.05) is 13.1 Å². The van der Waals surface area contributed by atoms with Crippen molar-refractivity contribution in [3.8, 4) is 0 Å². The molecular formula is C11H15NO3. The predicted molar refractivity (Wildman–Crippen MR) is 56.2 cm³/mol. The number of methoxy groups -OCH3 is 1. The molecular weight excluding hydrogens is 194 g/mol. The minimum absolute atomic E-state index is 0.196. The van der Waals surface area contributed by atoms with E-state index in [1.54, 1.807) is 0 Å². The number of carbonyl (C=O) groups is 1. The second kappa shape index (κ2) is 6.16. The first-order valence-electron chi connectivity index (χ1n) is 4.74. The predicted octanol–water partition coefficient (Wildman–Crippen LogP) is 0.310. The first-order chi connectivity index (χ1) is 7.24. The van der Waals surface area contributed by atoms with Crippen LogP contribution in [0.25, 0.3) is 0 Å². The fraction of sp³-hybridized carbons (Fsp3) is 0.364. The van der Waals surface area contributed by atoms with E-state index in [1.165, 1.54) is 7.11 Å². The summed E-state index contributed by atoms with van der Waals surface area (Å²) in [6.45, 7) is 0.816. The largest absolute Gasteiger partial charge is 0.467 e. The number of hydrogen-bond donors (Lipinski definition) is 2. The van der Waals surface area contributed by atoms with Crippen LogP contribution in [0.3, 0.4) is 0 Å². The third-order valence-corrected chi connectivity index (χ3v) is 1.98. The summed E-state index contributed by atoms with van der Waals surface area (Å²) in [5, 5.41) is 12.2. The molecule has 0 bridgehead atoms. The number of aliphatic hydroxyl groups is 1. The Hall–Kier alpha value is -1.39. The van der Waals surface area contributed by atoms with Crippen molar-refractivity contribution < 1.29 is 14.6 Å². The number of carbonyl (C=O) groups excluding carboxylic acids is 1. The van der Waals surface area contributed by atoms with Crippen molar-refractivity contribution in [2.24, 2.45) is 0 Å². The fourth-order valence-corrected chi connectivity index (χ4v) is 1.17. The van der Waals surface area contributed by atoms with Gasteiger partial charge in [0.2, 0.25) is 0 Å². The average molecular weight is 209 g/mol. The van der Waals surface area contributed by atoms with Crippen molar-refractivity contribution in [1.82, 2.24) is 5.32 Å². The molecule has 15 heavy (non-hydrogen) atoms. The summed E-state index contributed by atoms with van der Waals surface area (Å²) in [7, 11) is 1.25. The molecule has 2 N–H and O–H groups in total. The molecule has 0 saturated carbocycles. The minimum Gasteiger partial charge on any atom is -0.467 e. The van der Waals surface area contributed by atoms with Crippen molar-refractivity contribution >= 4 is 5.97 Å². The van der Waals surface area contributed by atoms with E-state index in [4.69, 9.17) is 0 Å². The molecule has 0 heterocycles. The summed E-state index contributed by atoms with van der Waals surface area (Å²) in [5.74, 6) is -0.615. The van der Waals surface area contributed by atoms with Crippen molar-refractivity contribution in [3.05, 3.63) is 35.9 Å². The van der Waals surface area contributed by atoms with Crippen LogP contribution >= 0.6 is 0 Å². The number of benzene rings is 1. The molecule has 0 fully saturated rings. The molecule has 0 saturated heterocycles. The summed E-state index contributed by atoms with van der Waals surface area (Å²) < 4.78 is 4.39. The van der Waals surface area contributed by atoms with Gasteiger partial charge in [0.1, 0.15) is 0 Å². The van der Waals surface area contributed by atoms with E-state index in [0.717, 1.165) is 5.56 Å². The Morgan fingerprint density at radius 1 is 1.47 bits per heavy atom. The van der Waals surface area contributed by atoms with Gasteiger partial charge >= 0.3 is 5.97 Å². The highest BCUT2D eigenvalue weighted by atomic mass is 16.5.